The van der Waals surface area contributed by atoms with Crippen LogP contribution in [0, 0.1) is 0 Å². The Hall–Kier alpha value is 0.579. The zero-order valence-corrected chi connectivity index (χ0v) is 14.1. The van der Waals surface area contributed by atoms with Gasteiger partial charge in [-0.3, -0.25) is 0 Å². The Balaban J connectivity index is -0.0000000457. The molecule has 7 nitrogen and oxygen atoms in total. The fourth-order valence-corrected chi connectivity index (χ4v) is 0. The molecule has 1 radical (unpaired) electrons. The predicted molar refractivity (Wildman–Crippen MR) is 44.8 cm³/mol. The van der Waals surface area contributed by atoms with Gasteiger partial charge in [0, 0.05) is 12.5 Å². The van der Waals surface area contributed by atoms with Crippen molar-refractivity contribution in [3.63, 3.8) is 0 Å². The first-order chi connectivity index (χ1) is 4.00. The fourth-order valence-electron chi connectivity index (χ4n) is 0. The molecular weight excluding hydrogens is 319 g/mol. The van der Waals surface area contributed by atoms with E-state index in [4.69, 9.17) is 25.9 Å². The molecule has 2 N–H and O–H groups in total. The molecule has 0 atom stereocenters. The zero-order valence-electron chi connectivity index (χ0n) is 6.77. The SMILES string of the molecule is CS(=O)(=O)[O-].CS(=O)(=O)[O-].O.[SnH3]. The number of hydrogen-bond acceptors (Lipinski definition) is 6. The van der Waals surface area contributed by atoms with Crippen molar-refractivity contribution in [2.75, 3.05) is 12.5 Å². The molecule has 0 aromatic heterocycles. The molecule has 0 heterocycles. The molecule has 10 heteroatoms. The van der Waals surface area contributed by atoms with Crippen LogP contribution in [0.2, 0.25) is 0 Å². The van der Waals surface area contributed by atoms with Crippen molar-refractivity contribution in [2.45, 2.75) is 0 Å². The van der Waals surface area contributed by atoms with E-state index >= 15 is 0 Å². The van der Waals surface area contributed by atoms with Crippen LogP contribution >= 0.6 is 0 Å². The van der Waals surface area contributed by atoms with Gasteiger partial charge in [-0.15, -0.1) is 0 Å². The van der Waals surface area contributed by atoms with Gasteiger partial charge in [-0.1, -0.05) is 0 Å². The van der Waals surface area contributed by atoms with Crippen molar-refractivity contribution in [2.24, 2.45) is 0 Å². The van der Waals surface area contributed by atoms with Crippen molar-refractivity contribution in [1.82, 2.24) is 0 Å². The van der Waals surface area contributed by atoms with E-state index in [2.05, 4.69) is 0 Å². The summed E-state index contributed by atoms with van der Waals surface area (Å²) in [5.74, 6) is 0. The second-order valence-corrected chi connectivity index (χ2v) is 4.22. The minimum absolute atomic E-state index is 0. The molecule has 0 aliphatic carbocycles. The summed E-state index contributed by atoms with van der Waals surface area (Å²) in [5, 5.41) is 0. The predicted octanol–water partition coefficient (Wildman–Crippen LogP) is -3.69. The van der Waals surface area contributed by atoms with Crippen LogP contribution in [0.25, 0.3) is 0 Å². The Bertz CT molecular complexity index is 216. The maximum atomic E-state index is 9.08. The van der Waals surface area contributed by atoms with E-state index in [0.717, 1.165) is 0 Å². The molecule has 0 amide bonds. The zero-order chi connectivity index (χ0) is 9.00. The number of hydrogen-bond donors (Lipinski definition) is 0. The van der Waals surface area contributed by atoms with Crippen molar-refractivity contribution in [1.29, 1.82) is 0 Å². The fraction of sp³-hybridized carbons (Fsp3) is 1.00. The van der Waals surface area contributed by atoms with Gasteiger partial charge in [0.25, 0.3) is 0 Å². The molecule has 0 spiro atoms. The van der Waals surface area contributed by atoms with Gasteiger partial charge in [0.15, 0.2) is 0 Å². The molecular formula is C2H11O7S2Sn-2. The van der Waals surface area contributed by atoms with Crippen LogP contribution in [0.4, 0.5) is 0 Å². The van der Waals surface area contributed by atoms with Crippen molar-refractivity contribution in [3.8, 4) is 0 Å². The van der Waals surface area contributed by atoms with Crippen LogP contribution in [0.1, 0.15) is 0 Å². The van der Waals surface area contributed by atoms with Crippen LogP contribution in [0.15, 0.2) is 0 Å². The molecule has 0 aromatic rings. The van der Waals surface area contributed by atoms with Crippen LogP contribution < -0.4 is 0 Å². The van der Waals surface area contributed by atoms with Gasteiger partial charge in [-0.05, 0) is 0 Å². The molecule has 0 aromatic carbocycles. The molecule has 0 fully saturated rings. The summed E-state index contributed by atoms with van der Waals surface area (Å²) < 4.78 is 54.5. The third-order valence-electron chi connectivity index (χ3n) is 0. The van der Waals surface area contributed by atoms with Crippen molar-refractivity contribution < 1.29 is 31.4 Å². The monoisotopic (exact) mass is 331 g/mol. The standard InChI is InChI=1S/2CH4O3S.H2O.Sn.3H/c2*1-5(2,3)4;;;;;/h2*1H3,(H,2,3,4);1H2;;;;/p-2. The second-order valence-electron chi connectivity index (χ2n) is 1.41. The van der Waals surface area contributed by atoms with E-state index in [1.165, 1.54) is 0 Å². The van der Waals surface area contributed by atoms with Gasteiger partial charge < -0.3 is 14.6 Å². The summed E-state index contributed by atoms with van der Waals surface area (Å²) in [5.41, 5.74) is 0. The first kappa shape index (κ1) is 22.9. The molecule has 0 aliphatic rings. The summed E-state index contributed by atoms with van der Waals surface area (Å²) in [6.45, 7) is 0. The van der Waals surface area contributed by atoms with Gasteiger partial charge >= 0.3 is 23.9 Å². The minimum atomic E-state index is -3.92. The Morgan fingerprint density at radius 1 is 0.833 bits per heavy atom. The second kappa shape index (κ2) is 8.19. The summed E-state index contributed by atoms with van der Waals surface area (Å²) >= 11 is 0. The van der Waals surface area contributed by atoms with Crippen LogP contribution in [0.5, 0.6) is 0 Å². The molecule has 0 unspecified atom stereocenters. The Morgan fingerprint density at radius 3 is 0.833 bits per heavy atom. The van der Waals surface area contributed by atoms with E-state index in [9.17, 15) is 0 Å². The van der Waals surface area contributed by atoms with E-state index in [1.54, 1.807) is 0 Å². The topological polar surface area (TPSA) is 146 Å². The summed E-state index contributed by atoms with van der Waals surface area (Å²) in [7, 11) is -7.83. The van der Waals surface area contributed by atoms with Crippen LogP contribution in [-0.4, -0.2) is 67.8 Å². The summed E-state index contributed by atoms with van der Waals surface area (Å²) in [6.07, 6.45) is 1.21. The van der Waals surface area contributed by atoms with Crippen LogP contribution in [0.3, 0.4) is 0 Å². The average molecular weight is 330 g/mol. The van der Waals surface area contributed by atoms with Gasteiger partial charge in [-0.25, -0.2) is 16.8 Å². The third kappa shape index (κ3) is 2900. The summed E-state index contributed by atoms with van der Waals surface area (Å²) in [4.78, 5) is 0. The normalized spacial score (nSPS) is 9.67. The summed E-state index contributed by atoms with van der Waals surface area (Å²) in [6, 6.07) is 0. The van der Waals surface area contributed by atoms with Crippen LogP contribution in [-0.2, 0) is 20.2 Å². The third-order valence-corrected chi connectivity index (χ3v) is 0. The Kier molecular flexibility index (Phi) is 15.6. The molecule has 0 saturated carbocycles. The molecule has 12 heavy (non-hydrogen) atoms. The van der Waals surface area contributed by atoms with E-state index in [-0.39, 0.29) is 29.4 Å². The van der Waals surface area contributed by atoms with E-state index in [0.29, 0.717) is 12.5 Å². The molecule has 0 rings (SSSR count). The first-order valence-electron chi connectivity index (χ1n) is 1.82. The van der Waals surface area contributed by atoms with E-state index < -0.39 is 20.2 Å². The van der Waals surface area contributed by atoms with E-state index in [1.807, 2.05) is 0 Å². The number of rotatable bonds is 0. The molecule has 79 valence electrons. The first-order valence-corrected chi connectivity index (χ1v) is 5.45. The van der Waals surface area contributed by atoms with Gasteiger partial charge in [0.05, 0.1) is 20.2 Å². The van der Waals surface area contributed by atoms with Gasteiger partial charge in [0.2, 0.25) is 0 Å². The molecule has 0 saturated heterocycles. The average Bonchev–Trinajstić information content (AvgIpc) is 1.12. The Morgan fingerprint density at radius 2 is 0.833 bits per heavy atom. The van der Waals surface area contributed by atoms with Crippen molar-refractivity contribution in [3.05, 3.63) is 0 Å². The van der Waals surface area contributed by atoms with Gasteiger partial charge in [0.1, 0.15) is 0 Å². The maximum absolute atomic E-state index is 9.08. The molecule has 0 bridgehead atoms. The van der Waals surface area contributed by atoms with Gasteiger partial charge in [-0.2, -0.15) is 0 Å². The van der Waals surface area contributed by atoms with Crippen molar-refractivity contribution >= 4 is 44.1 Å². The quantitative estimate of drug-likeness (QED) is 0.330. The Labute approximate surface area is 87.9 Å². The molecule has 0 aliphatic heterocycles.